The van der Waals surface area contributed by atoms with Gasteiger partial charge in [0.2, 0.25) is 5.91 Å². The quantitative estimate of drug-likeness (QED) is 0.881. The molecule has 3 rings (SSSR count). The highest BCUT2D eigenvalue weighted by Gasteiger charge is 2.36. The molecule has 0 atom stereocenters. The van der Waals surface area contributed by atoms with Crippen LogP contribution >= 0.6 is 11.3 Å². The average Bonchev–Trinajstić information content (AvgIpc) is 2.95. The maximum atomic E-state index is 13.8. The van der Waals surface area contributed by atoms with Gasteiger partial charge in [0.05, 0.1) is 12.1 Å². The third-order valence-corrected chi connectivity index (χ3v) is 4.93. The van der Waals surface area contributed by atoms with Crippen LogP contribution in [0.15, 0.2) is 35.7 Å². The Hall–Kier alpha value is -1.75. The van der Waals surface area contributed by atoms with E-state index in [0.29, 0.717) is 25.8 Å². The molecular weight excluding hydrogens is 299 g/mol. The fourth-order valence-electron chi connectivity index (χ4n) is 2.57. The molecule has 22 heavy (non-hydrogen) atoms. The van der Waals surface area contributed by atoms with E-state index in [0.717, 1.165) is 22.7 Å². The highest BCUT2D eigenvalue weighted by atomic mass is 32.1. The molecule has 0 unspecified atom stereocenters. The molecule has 1 heterocycles. The third-order valence-electron chi connectivity index (χ3n) is 4.08. The molecule has 1 aliphatic rings. The van der Waals surface area contributed by atoms with Crippen LogP contribution in [0.4, 0.5) is 4.39 Å². The van der Waals surface area contributed by atoms with Crippen molar-refractivity contribution in [3.05, 3.63) is 40.7 Å². The topological polar surface area (TPSA) is 42.0 Å². The number of thiazole rings is 1. The fourth-order valence-corrected chi connectivity index (χ4v) is 3.37. The Morgan fingerprint density at radius 3 is 2.77 bits per heavy atom. The summed E-state index contributed by atoms with van der Waals surface area (Å²) in [7, 11) is 0. The van der Waals surface area contributed by atoms with Crippen LogP contribution in [-0.4, -0.2) is 23.1 Å². The summed E-state index contributed by atoms with van der Waals surface area (Å²) in [5.41, 5.74) is 0.912. The second kappa shape index (κ2) is 6.57. The molecule has 1 aliphatic carbocycles. The van der Waals surface area contributed by atoms with E-state index in [1.54, 1.807) is 0 Å². The first-order valence-corrected chi connectivity index (χ1v) is 8.48. The van der Waals surface area contributed by atoms with Crippen LogP contribution < -0.4 is 5.32 Å². The zero-order chi connectivity index (χ0) is 15.4. The summed E-state index contributed by atoms with van der Waals surface area (Å²) >= 11 is 1.48. The largest absolute Gasteiger partial charge is 0.356 e. The van der Waals surface area contributed by atoms with Crippen molar-refractivity contribution in [2.24, 2.45) is 0 Å². The lowest BCUT2D eigenvalue weighted by Crippen LogP contribution is -2.37. The zero-order valence-corrected chi connectivity index (χ0v) is 13.2. The van der Waals surface area contributed by atoms with Gasteiger partial charge < -0.3 is 5.32 Å². The number of benzene rings is 1. The molecule has 1 saturated carbocycles. The number of hydrogen-bond acceptors (Lipinski definition) is 3. The van der Waals surface area contributed by atoms with Gasteiger partial charge in [-0.05, 0) is 25.7 Å². The standard InChI is InChI=1S/C17H19FN2OS/c18-17(7-4-8-17)9-10-19-15(21)11-16-20-14(12-22-16)13-5-2-1-3-6-13/h1-3,5-6,12H,4,7-11H2,(H,19,21). The number of nitrogens with one attached hydrogen (secondary N) is 1. The van der Waals surface area contributed by atoms with Crippen LogP contribution in [0.1, 0.15) is 30.7 Å². The number of amides is 1. The van der Waals surface area contributed by atoms with E-state index in [1.807, 2.05) is 35.7 Å². The van der Waals surface area contributed by atoms with E-state index in [2.05, 4.69) is 10.3 Å². The molecule has 3 nitrogen and oxygen atoms in total. The fraction of sp³-hybridized carbons (Fsp3) is 0.412. The minimum Gasteiger partial charge on any atom is -0.356 e. The number of aromatic nitrogens is 1. The Bertz CT molecular complexity index is 637. The van der Waals surface area contributed by atoms with Crippen molar-refractivity contribution < 1.29 is 9.18 Å². The number of carbonyl (C=O) groups excluding carboxylic acids is 1. The number of hydrogen-bond donors (Lipinski definition) is 1. The summed E-state index contributed by atoms with van der Waals surface area (Å²) in [6.45, 7) is 0.409. The second-order valence-electron chi connectivity index (χ2n) is 5.77. The van der Waals surface area contributed by atoms with Crippen molar-refractivity contribution in [3.63, 3.8) is 0 Å². The van der Waals surface area contributed by atoms with E-state index >= 15 is 0 Å². The van der Waals surface area contributed by atoms with Gasteiger partial charge in [-0.1, -0.05) is 30.3 Å². The highest BCUT2D eigenvalue weighted by molar-refractivity contribution is 7.10. The smallest absolute Gasteiger partial charge is 0.226 e. The molecule has 1 fully saturated rings. The van der Waals surface area contributed by atoms with Crippen molar-refractivity contribution in [2.45, 2.75) is 37.8 Å². The van der Waals surface area contributed by atoms with Crippen LogP contribution in [0.2, 0.25) is 0 Å². The van der Waals surface area contributed by atoms with Gasteiger partial charge in [-0.3, -0.25) is 4.79 Å². The van der Waals surface area contributed by atoms with E-state index in [-0.39, 0.29) is 12.3 Å². The molecule has 0 spiro atoms. The molecule has 116 valence electrons. The Labute approximate surface area is 133 Å². The minimum absolute atomic E-state index is 0.0862. The van der Waals surface area contributed by atoms with E-state index in [4.69, 9.17) is 0 Å². The summed E-state index contributed by atoms with van der Waals surface area (Å²) < 4.78 is 13.8. The molecule has 1 aromatic carbocycles. The van der Waals surface area contributed by atoms with Crippen LogP contribution in [0, 0.1) is 0 Å². The summed E-state index contributed by atoms with van der Waals surface area (Å²) in [4.78, 5) is 16.4. The number of halogens is 1. The Morgan fingerprint density at radius 2 is 2.09 bits per heavy atom. The molecule has 1 amide bonds. The van der Waals surface area contributed by atoms with Crippen molar-refractivity contribution in [1.29, 1.82) is 0 Å². The summed E-state index contributed by atoms with van der Waals surface area (Å²) in [6, 6.07) is 9.89. The van der Waals surface area contributed by atoms with Gasteiger partial charge in [0.1, 0.15) is 10.7 Å². The molecule has 1 N–H and O–H groups in total. The maximum Gasteiger partial charge on any atom is 0.226 e. The number of alkyl halides is 1. The lowest BCUT2D eigenvalue weighted by atomic mass is 9.80. The van der Waals surface area contributed by atoms with Gasteiger partial charge in [0.15, 0.2) is 0 Å². The van der Waals surface area contributed by atoms with Gasteiger partial charge in [-0.15, -0.1) is 11.3 Å². The van der Waals surface area contributed by atoms with Crippen molar-refractivity contribution in [1.82, 2.24) is 10.3 Å². The van der Waals surface area contributed by atoms with Gasteiger partial charge in [0, 0.05) is 17.5 Å². The molecule has 0 saturated heterocycles. The first-order valence-electron chi connectivity index (χ1n) is 7.60. The lowest BCUT2D eigenvalue weighted by molar-refractivity contribution is -0.120. The predicted molar refractivity (Wildman–Crippen MR) is 86.6 cm³/mol. The van der Waals surface area contributed by atoms with Crippen molar-refractivity contribution in [2.75, 3.05) is 6.54 Å². The lowest BCUT2D eigenvalue weighted by Gasteiger charge is -2.33. The van der Waals surface area contributed by atoms with E-state index in [9.17, 15) is 9.18 Å². The van der Waals surface area contributed by atoms with E-state index < -0.39 is 5.67 Å². The van der Waals surface area contributed by atoms with Crippen LogP contribution in [0.3, 0.4) is 0 Å². The Kier molecular flexibility index (Phi) is 4.52. The van der Waals surface area contributed by atoms with Crippen LogP contribution in [0.5, 0.6) is 0 Å². The first-order chi connectivity index (χ1) is 10.6. The minimum atomic E-state index is -1.03. The molecule has 2 aromatic rings. The molecule has 0 bridgehead atoms. The normalized spacial score (nSPS) is 16.0. The average molecular weight is 318 g/mol. The predicted octanol–water partition coefficient (Wildman–Crippen LogP) is 3.75. The third kappa shape index (κ3) is 3.71. The molecule has 0 aliphatic heterocycles. The van der Waals surface area contributed by atoms with Crippen LogP contribution in [0.25, 0.3) is 11.3 Å². The van der Waals surface area contributed by atoms with E-state index in [1.165, 1.54) is 11.3 Å². The van der Waals surface area contributed by atoms with Crippen molar-refractivity contribution in [3.8, 4) is 11.3 Å². The van der Waals surface area contributed by atoms with Gasteiger partial charge in [0.25, 0.3) is 0 Å². The molecule has 5 heteroatoms. The van der Waals surface area contributed by atoms with Gasteiger partial charge in [-0.25, -0.2) is 9.37 Å². The monoisotopic (exact) mass is 318 g/mol. The second-order valence-corrected chi connectivity index (χ2v) is 6.72. The highest BCUT2D eigenvalue weighted by Crippen LogP contribution is 2.38. The van der Waals surface area contributed by atoms with Crippen molar-refractivity contribution >= 4 is 17.2 Å². The number of rotatable bonds is 6. The van der Waals surface area contributed by atoms with Crippen LogP contribution in [-0.2, 0) is 11.2 Å². The SMILES string of the molecule is O=C(Cc1nc(-c2ccccc2)cs1)NCCC1(F)CCC1. The van der Waals surface area contributed by atoms with Gasteiger partial charge in [-0.2, -0.15) is 0 Å². The number of nitrogens with zero attached hydrogens (tertiary/aromatic N) is 1. The molecule has 0 radical (unpaired) electrons. The first kappa shape index (κ1) is 15.2. The summed E-state index contributed by atoms with van der Waals surface area (Å²) in [6.07, 6.45) is 2.92. The Morgan fingerprint density at radius 1 is 1.32 bits per heavy atom. The summed E-state index contributed by atoms with van der Waals surface area (Å²) in [5, 5.41) is 5.54. The summed E-state index contributed by atoms with van der Waals surface area (Å²) in [5.74, 6) is -0.0862. The zero-order valence-electron chi connectivity index (χ0n) is 12.3. The molecular formula is C17H19FN2OS. The Balaban J connectivity index is 1.48. The number of carbonyl (C=O) groups is 1. The van der Waals surface area contributed by atoms with Gasteiger partial charge >= 0.3 is 0 Å². The maximum absolute atomic E-state index is 13.8. The molecule has 1 aromatic heterocycles.